The molecule has 3 heteroatoms. The van der Waals surface area contributed by atoms with Crippen molar-refractivity contribution in [2.75, 3.05) is 0 Å². The molecule has 230 valence electrons. The normalized spacial score (nSPS) is 12.8. The van der Waals surface area contributed by atoms with Gasteiger partial charge in [-0.3, -0.25) is 0 Å². The van der Waals surface area contributed by atoms with E-state index in [9.17, 15) is 0 Å². The van der Waals surface area contributed by atoms with Crippen molar-refractivity contribution in [2.24, 2.45) is 5.92 Å². The van der Waals surface area contributed by atoms with Crippen LogP contribution < -0.4 is 0 Å². The van der Waals surface area contributed by atoms with Gasteiger partial charge in [-0.25, -0.2) is 0 Å². The molecule has 3 aromatic heterocycles. The Morgan fingerprint density at radius 1 is 0.447 bits per heavy atom. The summed E-state index contributed by atoms with van der Waals surface area (Å²) in [5, 5.41) is 7.83. The van der Waals surface area contributed by atoms with Crippen LogP contribution in [0.3, 0.4) is 0 Å². The molecule has 0 radical (unpaired) electrons. The molecule has 0 saturated heterocycles. The minimum absolute atomic E-state index is 0.627. The predicted molar refractivity (Wildman–Crippen MR) is 201 cm³/mol. The third kappa shape index (κ3) is 4.33. The summed E-state index contributed by atoms with van der Waals surface area (Å²) in [6.45, 7) is 5.69. The molecule has 0 bridgehead atoms. The number of hydrogen-bond donors (Lipinski definition) is 0. The molecule has 0 N–H and O–H groups in total. The molecule has 6 aromatic carbocycles. The van der Waals surface area contributed by atoms with Crippen LogP contribution in [0.25, 0.3) is 76.8 Å². The van der Waals surface area contributed by atoms with E-state index >= 15 is 0 Å². The highest BCUT2D eigenvalue weighted by molar-refractivity contribution is 6.13. The Kier molecular flexibility index (Phi) is 6.67. The van der Waals surface area contributed by atoms with Gasteiger partial charge in [0.1, 0.15) is 0 Å². The molecular formula is C44H39N3. The van der Waals surface area contributed by atoms with E-state index in [1.54, 1.807) is 0 Å². The molecule has 3 nitrogen and oxygen atoms in total. The fourth-order valence-corrected chi connectivity index (χ4v) is 8.12. The maximum atomic E-state index is 2.64. The second kappa shape index (κ2) is 11.2. The number of rotatable bonds is 8. The lowest BCUT2D eigenvalue weighted by molar-refractivity contribution is 0.401. The van der Waals surface area contributed by atoms with E-state index in [-0.39, 0.29) is 0 Å². The van der Waals surface area contributed by atoms with E-state index in [0.29, 0.717) is 5.92 Å². The van der Waals surface area contributed by atoms with E-state index < -0.39 is 0 Å². The number of hydrogen-bond acceptors (Lipinski definition) is 0. The van der Waals surface area contributed by atoms with Gasteiger partial charge in [0.15, 0.2) is 0 Å². The summed E-state index contributed by atoms with van der Waals surface area (Å²) in [5.41, 5.74) is 10.0. The summed E-state index contributed by atoms with van der Waals surface area (Å²) >= 11 is 0. The van der Waals surface area contributed by atoms with E-state index in [1.807, 2.05) is 0 Å². The van der Waals surface area contributed by atoms with Gasteiger partial charge in [0.25, 0.3) is 0 Å². The van der Waals surface area contributed by atoms with E-state index in [0.717, 1.165) is 6.54 Å². The van der Waals surface area contributed by atoms with E-state index in [2.05, 4.69) is 161 Å². The maximum absolute atomic E-state index is 2.64. The van der Waals surface area contributed by atoms with Crippen molar-refractivity contribution >= 4 is 65.4 Å². The zero-order valence-electron chi connectivity index (χ0n) is 27.2. The highest BCUT2D eigenvalue weighted by atomic mass is 15.0. The quantitative estimate of drug-likeness (QED) is 0.163. The van der Waals surface area contributed by atoms with Crippen LogP contribution in [0, 0.1) is 5.92 Å². The summed E-state index contributed by atoms with van der Waals surface area (Å²) in [5.74, 6) is 0.627. The Bertz CT molecular complexity index is 2310. The first-order chi connectivity index (χ1) is 23.2. The van der Waals surface area contributed by atoms with Gasteiger partial charge < -0.3 is 13.7 Å². The summed E-state index contributed by atoms with van der Waals surface area (Å²) in [4.78, 5) is 0. The highest BCUT2D eigenvalue weighted by Gasteiger charge is 2.19. The fraction of sp³-hybridized carbons (Fsp3) is 0.182. The summed E-state index contributed by atoms with van der Waals surface area (Å²) < 4.78 is 7.54. The van der Waals surface area contributed by atoms with Crippen molar-refractivity contribution in [1.82, 2.24) is 13.7 Å². The largest absolute Gasteiger partial charge is 0.340 e. The van der Waals surface area contributed by atoms with E-state index in [1.165, 1.54) is 102 Å². The standard InChI is InChI=1S/C44H39N3/c1-3-5-14-30(4-2)29-45-43-27-31(46-39-19-10-6-15-33(39)34-16-7-11-20-40(34)46)23-25-37(43)38-26-24-32(28-44(38)45)47-41-21-12-8-17-35(41)36-18-9-13-22-42(36)47/h6-13,15-28,30H,3-5,14,29H2,1-2H3. The lowest BCUT2D eigenvalue weighted by atomic mass is 9.99. The molecular weight excluding hydrogens is 571 g/mol. The molecule has 0 saturated carbocycles. The van der Waals surface area contributed by atoms with Crippen LogP contribution in [0.2, 0.25) is 0 Å². The molecule has 1 atom stereocenters. The topological polar surface area (TPSA) is 14.8 Å². The smallest absolute Gasteiger partial charge is 0.0541 e. The van der Waals surface area contributed by atoms with Crippen LogP contribution in [0.4, 0.5) is 0 Å². The first-order valence-electron chi connectivity index (χ1n) is 17.3. The van der Waals surface area contributed by atoms with Gasteiger partial charge in [-0.2, -0.15) is 0 Å². The summed E-state index contributed by atoms with van der Waals surface area (Å²) in [6, 6.07) is 49.5. The molecule has 0 fully saturated rings. The van der Waals surface area contributed by atoms with Crippen LogP contribution in [0.5, 0.6) is 0 Å². The van der Waals surface area contributed by atoms with Gasteiger partial charge in [0.2, 0.25) is 0 Å². The number of unbranched alkanes of at least 4 members (excludes halogenated alkanes) is 1. The highest BCUT2D eigenvalue weighted by Crippen LogP contribution is 2.38. The number of benzene rings is 6. The average molecular weight is 610 g/mol. The lowest BCUT2D eigenvalue weighted by Crippen LogP contribution is -2.10. The first kappa shape index (κ1) is 28.0. The average Bonchev–Trinajstić information content (AvgIpc) is 3.75. The Labute approximate surface area is 275 Å². The van der Waals surface area contributed by atoms with Gasteiger partial charge in [-0.1, -0.05) is 118 Å². The van der Waals surface area contributed by atoms with Crippen molar-refractivity contribution in [1.29, 1.82) is 0 Å². The Morgan fingerprint density at radius 3 is 1.21 bits per heavy atom. The van der Waals surface area contributed by atoms with Gasteiger partial charge in [0.05, 0.1) is 33.1 Å². The second-order valence-corrected chi connectivity index (χ2v) is 13.2. The number of aromatic nitrogens is 3. The molecule has 1 unspecified atom stereocenters. The molecule has 9 aromatic rings. The zero-order chi connectivity index (χ0) is 31.5. The van der Waals surface area contributed by atoms with Gasteiger partial charge in [-0.05, 0) is 60.9 Å². The molecule has 3 heterocycles. The van der Waals surface area contributed by atoms with Crippen molar-refractivity contribution in [3.63, 3.8) is 0 Å². The molecule has 0 aliphatic rings. The lowest BCUT2D eigenvalue weighted by Gasteiger charge is -2.18. The third-order valence-electron chi connectivity index (χ3n) is 10.5. The molecule has 0 spiro atoms. The Hall–Kier alpha value is -5.28. The first-order valence-corrected chi connectivity index (χ1v) is 17.3. The van der Waals surface area contributed by atoms with Gasteiger partial charge in [-0.15, -0.1) is 0 Å². The monoisotopic (exact) mass is 609 g/mol. The number of nitrogens with zero attached hydrogens (tertiary/aromatic N) is 3. The number of fused-ring (bicyclic) bond motifs is 9. The summed E-state index contributed by atoms with van der Waals surface area (Å²) in [7, 11) is 0. The molecule has 0 aliphatic heterocycles. The van der Waals surface area contributed by atoms with Crippen LogP contribution in [-0.2, 0) is 6.54 Å². The van der Waals surface area contributed by atoms with E-state index in [4.69, 9.17) is 0 Å². The molecule has 0 aliphatic carbocycles. The SMILES string of the molecule is CCCCC(CC)Cn1c2cc(-n3c4ccccc4c4ccccc43)ccc2c2ccc(-n3c4ccccc4c4ccccc43)cc21. The van der Waals surface area contributed by atoms with Crippen LogP contribution >= 0.6 is 0 Å². The molecule has 0 amide bonds. The molecule has 9 rings (SSSR count). The summed E-state index contributed by atoms with van der Waals surface area (Å²) in [6.07, 6.45) is 4.95. The molecule has 47 heavy (non-hydrogen) atoms. The minimum atomic E-state index is 0.627. The predicted octanol–water partition coefficient (Wildman–Crippen LogP) is 12.2. The van der Waals surface area contributed by atoms with Crippen molar-refractivity contribution < 1.29 is 0 Å². The van der Waals surface area contributed by atoms with Crippen molar-refractivity contribution in [2.45, 2.75) is 46.1 Å². The van der Waals surface area contributed by atoms with Crippen molar-refractivity contribution in [3.8, 4) is 11.4 Å². The maximum Gasteiger partial charge on any atom is 0.0541 e. The van der Waals surface area contributed by atoms with Gasteiger partial charge in [0, 0.05) is 50.2 Å². The zero-order valence-corrected chi connectivity index (χ0v) is 27.2. The van der Waals surface area contributed by atoms with Gasteiger partial charge >= 0.3 is 0 Å². The Morgan fingerprint density at radius 2 is 0.830 bits per heavy atom. The number of para-hydroxylation sites is 4. The Balaban J connectivity index is 1.31. The second-order valence-electron chi connectivity index (χ2n) is 13.2. The minimum Gasteiger partial charge on any atom is -0.340 e. The third-order valence-corrected chi connectivity index (χ3v) is 10.5. The van der Waals surface area contributed by atoms with Crippen LogP contribution in [-0.4, -0.2) is 13.7 Å². The van der Waals surface area contributed by atoms with Crippen LogP contribution in [0.15, 0.2) is 133 Å². The van der Waals surface area contributed by atoms with Crippen LogP contribution in [0.1, 0.15) is 39.5 Å². The van der Waals surface area contributed by atoms with Crippen molar-refractivity contribution in [3.05, 3.63) is 133 Å². The fourth-order valence-electron chi connectivity index (χ4n) is 8.12.